The normalized spacial score (nSPS) is 11.5. The van der Waals surface area contributed by atoms with Crippen molar-refractivity contribution in [2.75, 3.05) is 0 Å². The summed E-state index contributed by atoms with van der Waals surface area (Å²) in [7, 11) is 0. The fraction of sp³-hybridized carbons (Fsp3) is 0.143. The first-order valence-electron chi connectivity index (χ1n) is 7.92. The lowest BCUT2D eigenvalue weighted by Gasteiger charge is -2.05. The van der Waals surface area contributed by atoms with E-state index < -0.39 is 11.9 Å². The van der Waals surface area contributed by atoms with E-state index in [-0.39, 0.29) is 0 Å². The Morgan fingerprint density at radius 1 is 1.00 bits per heavy atom. The van der Waals surface area contributed by atoms with Gasteiger partial charge in [-0.3, -0.25) is 0 Å². The fourth-order valence-corrected chi connectivity index (χ4v) is 2.24. The molecule has 0 aromatic heterocycles. The van der Waals surface area contributed by atoms with Gasteiger partial charge >= 0.3 is 11.9 Å². The molecule has 2 aromatic rings. The minimum Gasteiger partial charge on any atom is -0.478 e. The second kappa shape index (κ2) is 8.64. The zero-order valence-electron chi connectivity index (χ0n) is 14.2. The smallest absolute Gasteiger partial charge is 0.335 e. The third kappa shape index (κ3) is 5.77. The van der Waals surface area contributed by atoms with Crippen LogP contribution in [0.1, 0.15) is 30.5 Å². The quantitative estimate of drug-likeness (QED) is 0.487. The van der Waals surface area contributed by atoms with Crippen LogP contribution < -0.4 is 4.74 Å². The minimum atomic E-state index is -0.917. The number of allylic oxidation sites excluding steroid dienone is 1. The third-order valence-corrected chi connectivity index (χ3v) is 3.55. The highest BCUT2D eigenvalue weighted by atomic mass is 16.5. The molecule has 2 rings (SSSR count). The maximum Gasteiger partial charge on any atom is 0.335 e. The van der Waals surface area contributed by atoms with Gasteiger partial charge in [0, 0.05) is 11.6 Å². The molecule has 4 heteroatoms. The molecule has 0 aliphatic heterocycles. The van der Waals surface area contributed by atoms with E-state index in [1.807, 2.05) is 36.4 Å². The van der Waals surface area contributed by atoms with Crippen LogP contribution in [0.5, 0.6) is 5.75 Å². The van der Waals surface area contributed by atoms with Gasteiger partial charge in [-0.2, -0.15) is 0 Å². The number of hydrogen-bond donors (Lipinski definition) is 1. The van der Waals surface area contributed by atoms with E-state index in [1.54, 1.807) is 38.1 Å². The van der Waals surface area contributed by atoms with Crippen molar-refractivity contribution in [2.45, 2.75) is 20.3 Å². The maximum atomic E-state index is 11.4. The van der Waals surface area contributed by atoms with Crippen molar-refractivity contribution in [3.63, 3.8) is 0 Å². The van der Waals surface area contributed by atoms with Crippen LogP contribution in [0.3, 0.4) is 0 Å². The summed E-state index contributed by atoms with van der Waals surface area (Å²) < 4.78 is 5.15. The topological polar surface area (TPSA) is 63.6 Å². The molecule has 0 saturated heterocycles. The molecule has 2 aromatic carbocycles. The van der Waals surface area contributed by atoms with Crippen molar-refractivity contribution in [1.82, 2.24) is 0 Å². The van der Waals surface area contributed by atoms with E-state index in [1.165, 1.54) is 6.08 Å². The molecule has 0 saturated carbocycles. The average Bonchev–Trinajstić information content (AvgIpc) is 2.58. The van der Waals surface area contributed by atoms with E-state index in [4.69, 9.17) is 9.84 Å². The summed E-state index contributed by atoms with van der Waals surface area (Å²) in [5.41, 5.74) is 3.37. The van der Waals surface area contributed by atoms with Gasteiger partial charge in [0.2, 0.25) is 0 Å². The summed E-state index contributed by atoms with van der Waals surface area (Å²) in [5.74, 6) is -0.800. The van der Waals surface area contributed by atoms with Crippen molar-refractivity contribution in [3.8, 4) is 5.75 Å². The molecule has 0 radical (unpaired) electrons. The molecular formula is C21H20O4. The van der Waals surface area contributed by atoms with Gasteiger partial charge in [0.15, 0.2) is 0 Å². The number of benzene rings is 2. The maximum absolute atomic E-state index is 11.4. The number of carbonyl (C=O) groups excluding carboxylic acids is 1. The van der Waals surface area contributed by atoms with Gasteiger partial charge in [-0.15, -0.1) is 0 Å². The Morgan fingerprint density at radius 3 is 2.08 bits per heavy atom. The molecule has 1 N–H and O–H groups in total. The highest BCUT2D eigenvalue weighted by molar-refractivity contribution is 5.91. The summed E-state index contributed by atoms with van der Waals surface area (Å²) in [4.78, 5) is 22.2. The molecule has 4 nitrogen and oxygen atoms in total. The van der Waals surface area contributed by atoms with E-state index >= 15 is 0 Å². The number of ether oxygens (including phenoxy) is 1. The average molecular weight is 336 g/mol. The Labute approximate surface area is 147 Å². The molecule has 0 spiro atoms. The van der Waals surface area contributed by atoms with Crippen LogP contribution in [0.2, 0.25) is 0 Å². The summed E-state index contributed by atoms with van der Waals surface area (Å²) in [5, 5.41) is 8.90. The first kappa shape index (κ1) is 18.2. The van der Waals surface area contributed by atoms with Crippen molar-refractivity contribution in [2.24, 2.45) is 0 Å². The Kier molecular flexibility index (Phi) is 6.29. The van der Waals surface area contributed by atoms with Crippen LogP contribution >= 0.6 is 0 Å². The van der Waals surface area contributed by atoms with Crippen LogP contribution in [-0.4, -0.2) is 17.0 Å². The van der Waals surface area contributed by atoms with E-state index in [0.717, 1.165) is 23.1 Å². The molecule has 0 fully saturated rings. The summed E-state index contributed by atoms with van der Waals surface area (Å²) in [6.07, 6.45) is 5.38. The Bertz CT molecular complexity index is 797. The number of carbonyl (C=O) groups is 2. The van der Waals surface area contributed by atoms with Crippen LogP contribution in [0.15, 0.2) is 66.3 Å². The molecule has 0 amide bonds. The molecule has 0 aliphatic rings. The van der Waals surface area contributed by atoms with Gasteiger partial charge in [0.25, 0.3) is 0 Å². The molecule has 0 bridgehead atoms. The van der Waals surface area contributed by atoms with Crippen molar-refractivity contribution in [3.05, 3.63) is 82.9 Å². The van der Waals surface area contributed by atoms with Gasteiger partial charge in [-0.05, 0) is 55.2 Å². The number of carboxylic acids is 1. The van der Waals surface area contributed by atoms with E-state index in [0.29, 0.717) is 11.3 Å². The number of rotatable bonds is 6. The molecule has 0 aliphatic carbocycles. The van der Waals surface area contributed by atoms with E-state index in [9.17, 15) is 9.59 Å². The molecule has 128 valence electrons. The Balaban J connectivity index is 2.01. The lowest BCUT2D eigenvalue weighted by molar-refractivity contribution is -0.132. The number of esters is 1. The van der Waals surface area contributed by atoms with Crippen LogP contribution in [0.4, 0.5) is 0 Å². The van der Waals surface area contributed by atoms with Gasteiger partial charge in [-0.25, -0.2) is 9.59 Å². The second-order valence-corrected chi connectivity index (χ2v) is 5.62. The highest BCUT2D eigenvalue weighted by Gasteiger charge is 2.03. The van der Waals surface area contributed by atoms with Crippen LogP contribution in [0.25, 0.3) is 6.08 Å². The van der Waals surface area contributed by atoms with Gasteiger partial charge in [-0.1, -0.05) is 42.5 Å². The number of carboxylic acid groups (broad SMARTS) is 1. The first-order chi connectivity index (χ1) is 12.0. The molecular weight excluding hydrogens is 316 g/mol. The van der Waals surface area contributed by atoms with Gasteiger partial charge in [0.1, 0.15) is 5.75 Å². The predicted molar refractivity (Wildman–Crippen MR) is 97.4 cm³/mol. The third-order valence-electron chi connectivity index (χ3n) is 3.55. The van der Waals surface area contributed by atoms with Crippen LogP contribution in [0, 0.1) is 0 Å². The lowest BCUT2D eigenvalue weighted by atomic mass is 10.0. The van der Waals surface area contributed by atoms with Crippen LogP contribution in [-0.2, 0) is 16.0 Å². The lowest BCUT2D eigenvalue weighted by Crippen LogP contribution is -2.03. The zero-order chi connectivity index (χ0) is 18.2. The summed E-state index contributed by atoms with van der Waals surface area (Å²) >= 11 is 0. The number of aliphatic carboxylic acids is 1. The largest absolute Gasteiger partial charge is 0.478 e. The molecule has 0 heterocycles. The standard InChI is InChI=1S/C21H20O4/c1-3-4-20(22)25-19-11-9-18(10-12-19)14-17-7-5-16(6-8-17)13-15(2)21(23)24/h3-13H,14H2,1-2H3,(H,23,24). The summed E-state index contributed by atoms with van der Waals surface area (Å²) in [6.45, 7) is 3.33. The minimum absolute atomic E-state index is 0.302. The second-order valence-electron chi connectivity index (χ2n) is 5.62. The Morgan fingerprint density at radius 2 is 1.56 bits per heavy atom. The highest BCUT2D eigenvalue weighted by Crippen LogP contribution is 2.17. The SMILES string of the molecule is CC=CC(=O)Oc1ccc(Cc2ccc(C=C(C)C(=O)O)cc2)cc1. The van der Waals surface area contributed by atoms with Crippen molar-refractivity contribution >= 4 is 18.0 Å². The number of hydrogen-bond acceptors (Lipinski definition) is 3. The predicted octanol–water partition coefficient (Wildman–Crippen LogP) is 4.25. The van der Waals surface area contributed by atoms with Crippen molar-refractivity contribution in [1.29, 1.82) is 0 Å². The van der Waals surface area contributed by atoms with Gasteiger partial charge < -0.3 is 9.84 Å². The first-order valence-corrected chi connectivity index (χ1v) is 7.92. The zero-order valence-corrected chi connectivity index (χ0v) is 14.2. The van der Waals surface area contributed by atoms with E-state index in [2.05, 4.69) is 0 Å². The van der Waals surface area contributed by atoms with Crippen molar-refractivity contribution < 1.29 is 19.4 Å². The monoisotopic (exact) mass is 336 g/mol. The summed E-state index contributed by atoms with van der Waals surface area (Å²) in [6, 6.07) is 15.1. The molecule has 0 unspecified atom stereocenters. The molecule has 25 heavy (non-hydrogen) atoms. The van der Waals surface area contributed by atoms with Gasteiger partial charge in [0.05, 0.1) is 0 Å². The fourth-order valence-electron chi connectivity index (χ4n) is 2.24. The Hall–Kier alpha value is -3.14. The molecule has 0 atom stereocenters.